The fraction of sp³-hybridized carbons (Fsp3) is 0.688. The zero-order chi connectivity index (χ0) is 21.8. The maximum atomic E-state index is 12.3. The molecule has 1 fully saturated rings. The van der Waals surface area contributed by atoms with Crippen molar-refractivity contribution in [1.29, 1.82) is 0 Å². The molecule has 0 saturated carbocycles. The third-order valence-electron chi connectivity index (χ3n) is 3.35. The molecule has 0 aromatic rings. The minimum atomic E-state index is -1.86. The minimum Gasteiger partial charge on any atom is -0.480 e. The highest BCUT2D eigenvalue weighted by Crippen LogP contribution is 2.32. The van der Waals surface area contributed by atoms with Gasteiger partial charge in [-0.1, -0.05) is 24.0 Å². The summed E-state index contributed by atoms with van der Waals surface area (Å²) in [6.07, 6.45) is -8.27. The summed E-state index contributed by atoms with van der Waals surface area (Å²) < 4.78 is 14.9. The number of aliphatic hydroxyl groups is 4. The van der Waals surface area contributed by atoms with Crippen LogP contribution in [0.4, 0.5) is 0 Å². The molecule has 0 aromatic carbocycles. The number of thiocarbonyl (C=S) groups is 1. The van der Waals surface area contributed by atoms with Gasteiger partial charge in [-0.2, -0.15) is 0 Å². The normalized spacial score (nSPS) is 28.7. The van der Waals surface area contributed by atoms with Crippen molar-refractivity contribution in [2.75, 3.05) is 0 Å². The average molecular weight is 440 g/mol. The molecule has 5 N–H and O–H groups in total. The van der Waals surface area contributed by atoms with Crippen molar-refractivity contribution in [2.24, 2.45) is 0 Å². The van der Waals surface area contributed by atoms with Crippen LogP contribution in [0.2, 0.25) is 0 Å². The molecule has 160 valence electrons. The minimum absolute atomic E-state index is 0.319. The molecule has 0 aromatic heterocycles. The van der Waals surface area contributed by atoms with Crippen LogP contribution >= 0.6 is 24.0 Å². The Balaban J connectivity index is 3.12. The van der Waals surface area contributed by atoms with Gasteiger partial charge in [0.15, 0.2) is 11.7 Å². The smallest absolute Gasteiger partial charge is 0.347 e. The van der Waals surface area contributed by atoms with Crippen LogP contribution in [0.5, 0.6) is 0 Å². The number of carbonyl (C=O) groups is 2. The van der Waals surface area contributed by atoms with E-state index in [9.17, 15) is 30.0 Å². The molecule has 5 atom stereocenters. The van der Waals surface area contributed by atoms with E-state index in [4.69, 9.17) is 31.5 Å². The van der Waals surface area contributed by atoms with Crippen LogP contribution in [0.3, 0.4) is 0 Å². The van der Waals surface area contributed by atoms with Crippen LogP contribution in [0.15, 0.2) is 11.5 Å². The Kier molecular flexibility index (Phi) is 9.11. The lowest BCUT2D eigenvalue weighted by atomic mass is 10.0. The number of aliphatic hydroxyl groups excluding tert-OH is 4. The monoisotopic (exact) mass is 440 g/mol. The highest BCUT2D eigenvalue weighted by molar-refractivity contribution is 8.24. The summed E-state index contributed by atoms with van der Waals surface area (Å²) in [7, 11) is 0. The maximum Gasteiger partial charge on any atom is 0.347 e. The van der Waals surface area contributed by atoms with E-state index in [1.54, 1.807) is 27.7 Å². The van der Waals surface area contributed by atoms with Gasteiger partial charge in [0.1, 0.15) is 23.7 Å². The van der Waals surface area contributed by atoms with Crippen LogP contribution in [0, 0.1) is 0 Å². The summed E-state index contributed by atoms with van der Waals surface area (Å²) in [5.41, 5.74) is -1.95. The van der Waals surface area contributed by atoms with Crippen LogP contribution in [-0.4, -0.2) is 83.7 Å². The largest absolute Gasteiger partial charge is 0.480 e. The topological polar surface area (TPSA) is 163 Å². The summed E-state index contributed by atoms with van der Waals surface area (Å²) in [6.45, 7) is 6.35. The third-order valence-corrected chi connectivity index (χ3v) is 4.88. The molecule has 1 heterocycles. The molecular formula is C16H24O10S2. The quantitative estimate of drug-likeness (QED) is 0.157. The van der Waals surface area contributed by atoms with Crippen molar-refractivity contribution < 1.29 is 49.3 Å². The van der Waals surface area contributed by atoms with E-state index < -0.39 is 65.5 Å². The number of hydrogen-bond donors (Lipinski definition) is 5. The van der Waals surface area contributed by atoms with E-state index in [1.807, 2.05) is 0 Å². The molecule has 12 heteroatoms. The second-order valence-corrected chi connectivity index (χ2v) is 8.22. The molecule has 10 nitrogen and oxygen atoms in total. The highest BCUT2D eigenvalue weighted by Gasteiger charge is 2.48. The first-order valence-electron chi connectivity index (χ1n) is 8.31. The fourth-order valence-corrected chi connectivity index (χ4v) is 3.56. The Labute approximate surface area is 171 Å². The van der Waals surface area contributed by atoms with E-state index in [1.165, 1.54) is 0 Å². The Bertz CT molecular complexity index is 633. The van der Waals surface area contributed by atoms with E-state index in [-0.39, 0.29) is 4.20 Å². The number of carboxylic acids is 1. The summed E-state index contributed by atoms with van der Waals surface area (Å²) in [5.74, 6) is -3.36. The second-order valence-electron chi connectivity index (χ2n) is 6.44. The zero-order valence-corrected chi connectivity index (χ0v) is 17.3. The molecule has 1 aliphatic rings. The summed E-state index contributed by atoms with van der Waals surface area (Å²) in [4.78, 5) is 23.5. The van der Waals surface area contributed by atoms with Gasteiger partial charge >= 0.3 is 11.9 Å². The number of aliphatic carboxylic acids is 1. The number of rotatable bonds is 7. The Hall–Kier alpha value is -1.44. The fourth-order valence-electron chi connectivity index (χ4n) is 2.13. The molecule has 0 unspecified atom stereocenters. The van der Waals surface area contributed by atoms with E-state index in [0.717, 1.165) is 0 Å². The first-order chi connectivity index (χ1) is 12.9. The number of carbonyl (C=O) groups excluding carboxylic acids is 1. The molecule has 0 bridgehead atoms. The molecule has 0 spiro atoms. The van der Waals surface area contributed by atoms with Gasteiger partial charge in [-0.05, 0) is 27.7 Å². The van der Waals surface area contributed by atoms with E-state index in [2.05, 4.69) is 0 Å². The van der Waals surface area contributed by atoms with Crippen LogP contribution < -0.4 is 0 Å². The van der Waals surface area contributed by atoms with Gasteiger partial charge in [0.25, 0.3) is 5.95 Å². The Morgan fingerprint density at radius 1 is 0.964 bits per heavy atom. The van der Waals surface area contributed by atoms with Gasteiger partial charge in [-0.3, -0.25) is 0 Å². The van der Waals surface area contributed by atoms with Crippen molar-refractivity contribution in [3.05, 3.63) is 11.5 Å². The predicted molar refractivity (Wildman–Crippen MR) is 102 cm³/mol. The molecule has 0 amide bonds. The third kappa shape index (κ3) is 6.29. The first kappa shape index (κ1) is 24.6. The van der Waals surface area contributed by atoms with Crippen molar-refractivity contribution >= 4 is 40.1 Å². The number of carboxylic acid groups (broad SMARTS) is 1. The van der Waals surface area contributed by atoms with Crippen molar-refractivity contribution in [2.45, 2.75) is 69.8 Å². The lowest BCUT2D eigenvalue weighted by Crippen LogP contribution is -2.59. The first-order valence-corrected chi connectivity index (χ1v) is 9.59. The lowest BCUT2D eigenvalue weighted by Gasteiger charge is -2.38. The highest BCUT2D eigenvalue weighted by atomic mass is 32.2. The molecule has 0 aliphatic carbocycles. The second kappa shape index (κ2) is 10.4. The van der Waals surface area contributed by atoms with Crippen molar-refractivity contribution in [1.82, 2.24) is 0 Å². The number of hydrogen-bond acceptors (Lipinski definition) is 11. The van der Waals surface area contributed by atoms with E-state index in [0.29, 0.717) is 11.8 Å². The molecule has 1 saturated heterocycles. The molecule has 28 heavy (non-hydrogen) atoms. The van der Waals surface area contributed by atoms with Crippen LogP contribution in [0.1, 0.15) is 27.7 Å². The van der Waals surface area contributed by atoms with Crippen molar-refractivity contribution in [3.63, 3.8) is 0 Å². The van der Waals surface area contributed by atoms with Crippen molar-refractivity contribution in [3.8, 4) is 0 Å². The predicted octanol–water partition coefficient (Wildman–Crippen LogP) is 0.0854. The van der Waals surface area contributed by atoms with E-state index >= 15 is 0 Å². The van der Waals surface area contributed by atoms with Gasteiger partial charge in [-0.25, -0.2) is 9.59 Å². The summed E-state index contributed by atoms with van der Waals surface area (Å²) in [5, 5.41) is 48.9. The molecule has 1 aliphatic heterocycles. The number of ether oxygens (including phenoxy) is 3. The summed E-state index contributed by atoms with van der Waals surface area (Å²) >= 11 is 5.62. The van der Waals surface area contributed by atoms with Crippen LogP contribution in [-0.2, 0) is 23.8 Å². The SMILES string of the molecule is CC(C)OC(=O)C(C(=S)S[C@@H]1O[C@H](C(=O)O)[C@@H](O)[C@H](O)[C@@H]1O)=C(O)OC(C)C. The van der Waals surface area contributed by atoms with Gasteiger partial charge in [0.05, 0.1) is 16.4 Å². The summed E-state index contributed by atoms with van der Waals surface area (Å²) in [6, 6.07) is 0. The average Bonchev–Trinajstić information content (AvgIpc) is 2.53. The van der Waals surface area contributed by atoms with Gasteiger partial charge in [0.2, 0.25) is 0 Å². The van der Waals surface area contributed by atoms with Gasteiger partial charge in [-0.15, -0.1) is 0 Å². The number of esters is 1. The number of thioether (sulfide) groups is 1. The zero-order valence-electron chi connectivity index (χ0n) is 15.6. The molecule has 0 radical (unpaired) electrons. The molecule has 1 rings (SSSR count). The van der Waals surface area contributed by atoms with Gasteiger partial charge in [0, 0.05) is 0 Å². The lowest BCUT2D eigenvalue weighted by molar-refractivity contribution is -0.209. The Morgan fingerprint density at radius 3 is 1.96 bits per heavy atom. The molecular weight excluding hydrogens is 416 g/mol. The van der Waals surface area contributed by atoms with Crippen LogP contribution in [0.25, 0.3) is 0 Å². The maximum absolute atomic E-state index is 12.3. The standard InChI is InChI=1S/C16H24O10S2/c1-5(2)24-13(22)7(14(23)25-6(3)4)16(27)28-15-10(19)8(17)9(18)11(26-15)12(20)21/h5-6,8-11,15,17-19,22H,1-4H3,(H,20,21)/t8-,9-,10-,11-,15-/m0/s1. The Morgan fingerprint density at radius 2 is 1.50 bits per heavy atom. The van der Waals surface area contributed by atoms with Gasteiger partial charge < -0.3 is 39.7 Å².